The van der Waals surface area contributed by atoms with Gasteiger partial charge in [-0.1, -0.05) is 11.3 Å². The Bertz CT molecular complexity index is 707. The van der Waals surface area contributed by atoms with Gasteiger partial charge in [0.25, 0.3) is 0 Å². The molecule has 2 heterocycles. The van der Waals surface area contributed by atoms with Gasteiger partial charge in [-0.3, -0.25) is 0 Å². The number of hydrogen-bond donors (Lipinski definition) is 0. The molecule has 2 aromatic heterocycles. The van der Waals surface area contributed by atoms with E-state index in [1.54, 1.807) is 24.1 Å². The Morgan fingerprint density at radius 2 is 2.11 bits per heavy atom. The van der Waals surface area contributed by atoms with Crippen molar-refractivity contribution in [3.8, 4) is 11.6 Å². The van der Waals surface area contributed by atoms with Crippen molar-refractivity contribution in [2.75, 3.05) is 7.11 Å². The number of hydrogen-bond acceptors (Lipinski definition) is 5. The van der Waals surface area contributed by atoms with Crippen molar-refractivity contribution in [1.82, 2.24) is 25.0 Å². The minimum absolute atomic E-state index is 0.693. The third-order valence-electron chi connectivity index (χ3n) is 2.64. The monoisotopic (exact) mass is 241 g/mol. The van der Waals surface area contributed by atoms with Crippen LogP contribution in [0.15, 0.2) is 30.5 Å². The summed E-state index contributed by atoms with van der Waals surface area (Å²) < 4.78 is 6.92. The zero-order chi connectivity index (χ0) is 12.5. The van der Waals surface area contributed by atoms with E-state index in [0.717, 1.165) is 11.0 Å². The van der Waals surface area contributed by atoms with E-state index < -0.39 is 0 Å². The van der Waals surface area contributed by atoms with Crippen LogP contribution in [0.4, 0.5) is 0 Å². The number of aryl methyl sites for hydroxylation is 1. The van der Waals surface area contributed by atoms with Crippen LogP contribution in [0.2, 0.25) is 0 Å². The average Bonchev–Trinajstić information content (AvgIpc) is 2.82. The second-order valence-corrected chi connectivity index (χ2v) is 3.79. The lowest BCUT2D eigenvalue weighted by Crippen LogP contribution is -2.01. The first kappa shape index (κ1) is 10.6. The lowest BCUT2D eigenvalue weighted by Gasteiger charge is -2.02. The van der Waals surface area contributed by atoms with Gasteiger partial charge in [-0.2, -0.15) is 4.68 Å². The van der Waals surface area contributed by atoms with Crippen LogP contribution in [-0.4, -0.2) is 32.1 Å². The molecule has 0 fully saturated rings. The highest BCUT2D eigenvalue weighted by Gasteiger charge is 2.11. The van der Waals surface area contributed by atoms with Crippen LogP contribution in [0.1, 0.15) is 5.82 Å². The predicted molar refractivity (Wildman–Crippen MR) is 65.7 cm³/mol. The number of methoxy groups -OCH3 is 1. The Morgan fingerprint density at radius 3 is 2.89 bits per heavy atom. The molecule has 90 valence electrons. The summed E-state index contributed by atoms with van der Waals surface area (Å²) in [6.07, 6.45) is 1.70. The van der Waals surface area contributed by atoms with Crippen molar-refractivity contribution in [1.29, 1.82) is 0 Å². The highest BCUT2D eigenvalue weighted by molar-refractivity contribution is 5.82. The third kappa shape index (κ3) is 1.58. The second kappa shape index (κ2) is 4.06. The summed E-state index contributed by atoms with van der Waals surface area (Å²) in [5.41, 5.74) is 1.57. The maximum absolute atomic E-state index is 5.25. The Morgan fingerprint density at radius 1 is 1.22 bits per heavy atom. The Kier molecular flexibility index (Phi) is 2.40. The molecule has 0 spiro atoms. The molecule has 0 aliphatic heterocycles. The zero-order valence-corrected chi connectivity index (χ0v) is 10.0. The number of benzene rings is 1. The summed E-state index contributed by atoms with van der Waals surface area (Å²) >= 11 is 0. The van der Waals surface area contributed by atoms with Crippen molar-refractivity contribution in [3.63, 3.8) is 0 Å². The average molecular weight is 241 g/mol. The minimum Gasteiger partial charge on any atom is -0.494 e. The molecule has 6 nitrogen and oxygen atoms in total. The molecule has 6 heteroatoms. The van der Waals surface area contributed by atoms with E-state index in [1.165, 1.54) is 0 Å². The van der Waals surface area contributed by atoms with Gasteiger partial charge in [0.15, 0.2) is 11.3 Å². The van der Waals surface area contributed by atoms with E-state index >= 15 is 0 Å². The topological polar surface area (TPSA) is 65.7 Å². The Hall–Kier alpha value is -2.50. The molecule has 0 amide bonds. The highest BCUT2D eigenvalue weighted by atomic mass is 16.5. The molecule has 3 aromatic rings. The number of ether oxygens (including phenoxy) is 1. The van der Waals surface area contributed by atoms with Gasteiger partial charge in [0.2, 0.25) is 0 Å². The molecule has 0 saturated heterocycles. The van der Waals surface area contributed by atoms with E-state index in [2.05, 4.69) is 20.3 Å². The Labute approximate surface area is 103 Å². The van der Waals surface area contributed by atoms with Crippen molar-refractivity contribution in [3.05, 3.63) is 36.3 Å². The van der Waals surface area contributed by atoms with Crippen LogP contribution in [0.3, 0.4) is 0 Å². The third-order valence-corrected chi connectivity index (χ3v) is 2.64. The summed E-state index contributed by atoms with van der Waals surface area (Å²) in [5, 5.41) is 8.23. The summed E-state index contributed by atoms with van der Waals surface area (Å²) in [6, 6.07) is 7.47. The van der Waals surface area contributed by atoms with E-state index in [9.17, 15) is 0 Å². The quantitative estimate of drug-likeness (QED) is 0.680. The molecule has 0 N–H and O–H groups in total. The molecule has 0 unspecified atom stereocenters. The van der Waals surface area contributed by atoms with Crippen molar-refractivity contribution in [2.24, 2.45) is 0 Å². The minimum atomic E-state index is 0.693. The van der Waals surface area contributed by atoms with E-state index in [0.29, 0.717) is 17.4 Å². The van der Waals surface area contributed by atoms with Gasteiger partial charge in [-0.25, -0.2) is 9.97 Å². The molecule has 3 rings (SSSR count). The van der Waals surface area contributed by atoms with Gasteiger partial charge >= 0.3 is 0 Å². The lowest BCUT2D eigenvalue weighted by molar-refractivity contribution is 0.419. The molecule has 0 atom stereocenters. The molecular weight excluding hydrogens is 230 g/mol. The maximum Gasteiger partial charge on any atom is 0.159 e. The molecular formula is C12H11N5O. The standard InChI is InChI=1S/C12H11N5O/c1-8-13-7-6-11(14-8)17-9-4-3-5-10(18-2)12(9)15-16-17/h3-7H,1-2H3. The fraction of sp³-hybridized carbons (Fsp3) is 0.167. The van der Waals surface area contributed by atoms with Gasteiger partial charge < -0.3 is 4.74 Å². The zero-order valence-electron chi connectivity index (χ0n) is 10.0. The first-order valence-corrected chi connectivity index (χ1v) is 5.48. The summed E-state index contributed by atoms with van der Waals surface area (Å²) in [7, 11) is 1.61. The van der Waals surface area contributed by atoms with Crippen LogP contribution in [0.25, 0.3) is 16.9 Å². The van der Waals surface area contributed by atoms with Crippen molar-refractivity contribution in [2.45, 2.75) is 6.92 Å². The number of nitrogens with zero attached hydrogens (tertiary/aromatic N) is 5. The molecule has 0 aliphatic rings. The highest BCUT2D eigenvalue weighted by Crippen LogP contribution is 2.23. The molecule has 0 saturated carbocycles. The lowest BCUT2D eigenvalue weighted by atomic mass is 10.3. The summed E-state index contributed by atoms with van der Waals surface area (Å²) in [4.78, 5) is 8.40. The molecule has 0 bridgehead atoms. The van der Waals surface area contributed by atoms with Crippen LogP contribution in [0, 0.1) is 6.92 Å². The van der Waals surface area contributed by atoms with E-state index in [-0.39, 0.29) is 0 Å². The Balaban J connectivity index is 2.25. The van der Waals surface area contributed by atoms with Gasteiger partial charge in [-0.15, -0.1) is 5.10 Å². The first-order valence-electron chi connectivity index (χ1n) is 5.48. The van der Waals surface area contributed by atoms with Gasteiger partial charge in [0.1, 0.15) is 17.1 Å². The maximum atomic E-state index is 5.25. The van der Waals surface area contributed by atoms with E-state index in [4.69, 9.17) is 4.74 Å². The van der Waals surface area contributed by atoms with Crippen LogP contribution in [-0.2, 0) is 0 Å². The molecule has 0 radical (unpaired) electrons. The van der Waals surface area contributed by atoms with Crippen molar-refractivity contribution >= 4 is 11.0 Å². The summed E-state index contributed by atoms with van der Waals surface area (Å²) in [6.45, 7) is 1.84. The van der Waals surface area contributed by atoms with Crippen molar-refractivity contribution < 1.29 is 4.74 Å². The molecule has 0 aliphatic carbocycles. The molecule has 1 aromatic carbocycles. The van der Waals surface area contributed by atoms with Gasteiger partial charge in [0.05, 0.1) is 7.11 Å². The predicted octanol–water partition coefficient (Wildman–Crippen LogP) is 1.53. The fourth-order valence-electron chi connectivity index (χ4n) is 1.82. The van der Waals surface area contributed by atoms with Gasteiger partial charge in [-0.05, 0) is 19.1 Å². The number of fused-ring (bicyclic) bond motifs is 1. The number of aromatic nitrogens is 5. The first-order chi connectivity index (χ1) is 8.79. The normalized spacial score (nSPS) is 10.8. The number of rotatable bonds is 2. The SMILES string of the molecule is COc1cccc2c1nnn2-c1ccnc(C)n1. The smallest absolute Gasteiger partial charge is 0.159 e. The second-order valence-electron chi connectivity index (χ2n) is 3.79. The molecule has 18 heavy (non-hydrogen) atoms. The van der Waals surface area contributed by atoms with Crippen LogP contribution >= 0.6 is 0 Å². The van der Waals surface area contributed by atoms with E-state index in [1.807, 2.05) is 25.1 Å². The van der Waals surface area contributed by atoms with Gasteiger partial charge in [0, 0.05) is 12.3 Å². The van der Waals surface area contributed by atoms with Crippen LogP contribution in [0.5, 0.6) is 5.75 Å². The largest absolute Gasteiger partial charge is 0.494 e. The summed E-state index contributed by atoms with van der Waals surface area (Å²) in [5.74, 6) is 2.09. The van der Waals surface area contributed by atoms with Crippen LogP contribution < -0.4 is 4.74 Å². The fourth-order valence-corrected chi connectivity index (χ4v) is 1.82.